The summed E-state index contributed by atoms with van der Waals surface area (Å²) in [6.45, 7) is 0. The lowest BCUT2D eigenvalue weighted by atomic mass is 9.95. The fourth-order valence-corrected chi connectivity index (χ4v) is 1.51. The molecule has 0 aromatic heterocycles. The van der Waals surface area contributed by atoms with Crippen LogP contribution in [0.15, 0.2) is 0 Å². The van der Waals surface area contributed by atoms with E-state index in [1.165, 1.54) is 0 Å². The third kappa shape index (κ3) is 2.87. The average Bonchev–Trinajstić information content (AvgIpc) is 2.03. The summed E-state index contributed by atoms with van der Waals surface area (Å²) in [4.78, 5) is 0. The molecular weight excluding hydrogens is 178 g/mol. The molecule has 1 aliphatic heterocycles. The number of nitrogens with one attached hydrogen (secondary N) is 1. The van der Waals surface area contributed by atoms with Crippen molar-refractivity contribution in [2.24, 2.45) is 0 Å². The molecule has 1 rings (SSSR count). The van der Waals surface area contributed by atoms with Crippen LogP contribution in [-0.2, 0) is 0 Å². The minimum atomic E-state index is -1.60. The van der Waals surface area contributed by atoms with Crippen molar-refractivity contribution in [2.75, 3.05) is 0 Å². The van der Waals surface area contributed by atoms with E-state index in [-0.39, 0.29) is 12.8 Å². The van der Waals surface area contributed by atoms with Gasteiger partial charge in [0.05, 0.1) is 18.2 Å². The fourth-order valence-electron chi connectivity index (χ4n) is 1.51. The summed E-state index contributed by atoms with van der Waals surface area (Å²) in [5, 5.41) is 47.1. The molecule has 0 saturated carbocycles. The molecule has 0 bridgehead atoms. The number of aliphatic hydroxyl groups is 5. The quantitative estimate of drug-likeness (QED) is 0.262. The van der Waals surface area contributed by atoms with Gasteiger partial charge in [-0.3, -0.25) is 0 Å². The molecule has 0 aromatic rings. The van der Waals surface area contributed by atoms with Gasteiger partial charge in [-0.05, 0) is 12.8 Å². The topological polar surface area (TPSA) is 113 Å². The average molecular weight is 193 g/mol. The molecule has 78 valence electrons. The number of aliphatic hydroxyl groups excluding tert-OH is 3. The molecular formula is C7H15NO5. The van der Waals surface area contributed by atoms with Crippen LogP contribution in [0.25, 0.3) is 0 Å². The maximum absolute atomic E-state index is 9.26. The van der Waals surface area contributed by atoms with E-state index in [0.29, 0.717) is 0 Å². The standard InChI is InChI=1S/C7H15NO5/c9-3-1-4(6(10)11)8-5(2-3)7(12)13/h3-13H,1-2H2. The van der Waals surface area contributed by atoms with Gasteiger partial charge in [0.15, 0.2) is 12.6 Å². The Morgan fingerprint density at radius 1 is 0.923 bits per heavy atom. The van der Waals surface area contributed by atoms with Crippen LogP contribution < -0.4 is 5.32 Å². The van der Waals surface area contributed by atoms with Gasteiger partial charge in [0.2, 0.25) is 0 Å². The number of hydrogen-bond acceptors (Lipinski definition) is 6. The first-order valence-corrected chi connectivity index (χ1v) is 4.17. The predicted molar refractivity (Wildman–Crippen MR) is 42.4 cm³/mol. The van der Waals surface area contributed by atoms with E-state index in [0.717, 1.165) is 0 Å². The van der Waals surface area contributed by atoms with Crippen LogP contribution in [0.4, 0.5) is 0 Å². The van der Waals surface area contributed by atoms with Crippen LogP contribution in [0, 0.1) is 0 Å². The van der Waals surface area contributed by atoms with Gasteiger partial charge in [0, 0.05) is 0 Å². The van der Waals surface area contributed by atoms with Crippen LogP contribution in [-0.4, -0.2) is 56.3 Å². The summed E-state index contributed by atoms with van der Waals surface area (Å²) < 4.78 is 0. The van der Waals surface area contributed by atoms with Crippen molar-refractivity contribution in [3.05, 3.63) is 0 Å². The van der Waals surface area contributed by atoms with Gasteiger partial charge in [0.25, 0.3) is 0 Å². The van der Waals surface area contributed by atoms with Crippen LogP contribution >= 0.6 is 0 Å². The molecule has 1 fully saturated rings. The van der Waals surface area contributed by atoms with Crippen molar-refractivity contribution in [2.45, 2.75) is 43.6 Å². The third-order valence-corrected chi connectivity index (χ3v) is 2.20. The largest absolute Gasteiger partial charge is 0.393 e. The Balaban J connectivity index is 2.52. The van der Waals surface area contributed by atoms with E-state index in [1.54, 1.807) is 0 Å². The second-order valence-electron chi connectivity index (χ2n) is 3.33. The number of hydrogen-bond donors (Lipinski definition) is 6. The van der Waals surface area contributed by atoms with E-state index in [2.05, 4.69) is 5.32 Å². The van der Waals surface area contributed by atoms with Crippen LogP contribution in [0.1, 0.15) is 12.8 Å². The zero-order valence-corrected chi connectivity index (χ0v) is 7.04. The Morgan fingerprint density at radius 3 is 1.62 bits per heavy atom. The summed E-state index contributed by atoms with van der Waals surface area (Å²) in [6.07, 6.45) is -3.55. The zero-order chi connectivity index (χ0) is 10.0. The first-order chi connectivity index (χ1) is 6.00. The van der Waals surface area contributed by atoms with Gasteiger partial charge in [0.1, 0.15) is 0 Å². The van der Waals surface area contributed by atoms with Gasteiger partial charge in [-0.15, -0.1) is 0 Å². The van der Waals surface area contributed by atoms with Crippen LogP contribution in [0.3, 0.4) is 0 Å². The van der Waals surface area contributed by atoms with Crippen molar-refractivity contribution in [1.82, 2.24) is 5.32 Å². The molecule has 13 heavy (non-hydrogen) atoms. The number of piperidine rings is 1. The molecule has 2 atom stereocenters. The first-order valence-electron chi connectivity index (χ1n) is 4.17. The molecule has 0 spiro atoms. The molecule has 6 heteroatoms. The van der Waals surface area contributed by atoms with E-state index in [1.807, 2.05) is 0 Å². The molecule has 1 saturated heterocycles. The second kappa shape index (κ2) is 4.32. The fraction of sp³-hybridized carbons (Fsp3) is 1.00. The van der Waals surface area contributed by atoms with Gasteiger partial charge in [-0.2, -0.15) is 0 Å². The monoisotopic (exact) mass is 193 g/mol. The molecule has 0 aromatic carbocycles. The minimum Gasteiger partial charge on any atom is -0.393 e. The molecule has 0 radical (unpaired) electrons. The summed E-state index contributed by atoms with van der Waals surface area (Å²) in [7, 11) is 0. The predicted octanol–water partition coefficient (Wildman–Crippen LogP) is -2.91. The SMILES string of the molecule is OC1CC(C(O)O)NC(C(O)O)C1. The van der Waals surface area contributed by atoms with Gasteiger partial charge in [-0.1, -0.05) is 0 Å². The van der Waals surface area contributed by atoms with Gasteiger partial charge >= 0.3 is 0 Å². The molecule has 1 heterocycles. The Kier molecular flexibility index (Phi) is 3.60. The Labute approximate surface area is 75.4 Å². The zero-order valence-electron chi connectivity index (χ0n) is 7.04. The van der Waals surface area contributed by atoms with Crippen LogP contribution in [0.5, 0.6) is 0 Å². The lowest BCUT2D eigenvalue weighted by Gasteiger charge is -2.35. The normalized spacial score (nSPS) is 35.8. The van der Waals surface area contributed by atoms with E-state index in [9.17, 15) is 5.11 Å². The molecule has 0 aliphatic carbocycles. The number of rotatable bonds is 2. The third-order valence-electron chi connectivity index (χ3n) is 2.20. The van der Waals surface area contributed by atoms with E-state index in [4.69, 9.17) is 20.4 Å². The molecule has 0 amide bonds. The van der Waals surface area contributed by atoms with Crippen molar-refractivity contribution in [3.8, 4) is 0 Å². The van der Waals surface area contributed by atoms with E-state index < -0.39 is 30.8 Å². The summed E-state index contributed by atoms with van der Waals surface area (Å²) in [5.74, 6) is 0. The van der Waals surface area contributed by atoms with Gasteiger partial charge in [-0.25, -0.2) is 0 Å². The smallest absolute Gasteiger partial charge is 0.167 e. The highest BCUT2D eigenvalue weighted by Crippen LogP contribution is 2.16. The Hall–Kier alpha value is -0.240. The van der Waals surface area contributed by atoms with E-state index >= 15 is 0 Å². The first kappa shape index (κ1) is 10.8. The summed E-state index contributed by atoms with van der Waals surface area (Å²) in [6, 6.07) is -1.42. The summed E-state index contributed by atoms with van der Waals surface area (Å²) in [5.41, 5.74) is 0. The molecule has 6 nitrogen and oxygen atoms in total. The maximum atomic E-state index is 9.26. The maximum Gasteiger partial charge on any atom is 0.167 e. The van der Waals surface area contributed by atoms with Crippen molar-refractivity contribution in [3.63, 3.8) is 0 Å². The highest BCUT2D eigenvalue weighted by Gasteiger charge is 2.33. The summed E-state index contributed by atoms with van der Waals surface area (Å²) >= 11 is 0. The lowest BCUT2D eigenvalue weighted by molar-refractivity contribution is -0.125. The molecule has 6 N–H and O–H groups in total. The van der Waals surface area contributed by atoms with Gasteiger partial charge < -0.3 is 30.8 Å². The molecule has 1 aliphatic rings. The van der Waals surface area contributed by atoms with Crippen molar-refractivity contribution in [1.29, 1.82) is 0 Å². The highest BCUT2D eigenvalue weighted by molar-refractivity contribution is 4.87. The molecule has 2 unspecified atom stereocenters. The Bertz CT molecular complexity index is 147. The van der Waals surface area contributed by atoms with Crippen molar-refractivity contribution >= 4 is 0 Å². The van der Waals surface area contributed by atoms with Crippen LogP contribution in [0.2, 0.25) is 0 Å². The highest BCUT2D eigenvalue weighted by atomic mass is 16.5. The lowest BCUT2D eigenvalue weighted by Crippen LogP contribution is -2.56. The van der Waals surface area contributed by atoms with Crippen molar-refractivity contribution < 1.29 is 25.5 Å². The second-order valence-corrected chi connectivity index (χ2v) is 3.33. The Morgan fingerprint density at radius 2 is 1.31 bits per heavy atom. The minimum absolute atomic E-state index is 0.195.